The molecule has 160 valence electrons. The van der Waals surface area contributed by atoms with Crippen LogP contribution in [0.4, 0.5) is 4.39 Å². The van der Waals surface area contributed by atoms with Crippen LogP contribution in [0, 0.1) is 5.82 Å². The number of carbonyl (C=O) groups excluding carboxylic acids is 1. The largest absolute Gasteiger partial charge is 0.372 e. The average Bonchev–Trinajstić information content (AvgIpc) is 2.78. The van der Waals surface area contributed by atoms with Gasteiger partial charge in [-0.3, -0.25) is 4.79 Å². The van der Waals surface area contributed by atoms with Crippen molar-refractivity contribution >= 4 is 17.7 Å². The zero-order valence-electron chi connectivity index (χ0n) is 17.5. The number of hydrogen-bond acceptors (Lipinski definition) is 5. The summed E-state index contributed by atoms with van der Waals surface area (Å²) < 4.78 is 18.8. The fraction of sp³-hybridized carbons (Fsp3) is 0.292. The quantitative estimate of drug-likeness (QED) is 0.536. The molecule has 31 heavy (non-hydrogen) atoms. The van der Waals surface area contributed by atoms with E-state index < -0.39 is 0 Å². The molecule has 0 saturated carbocycles. The van der Waals surface area contributed by atoms with Gasteiger partial charge < -0.3 is 9.64 Å². The zero-order valence-corrected chi connectivity index (χ0v) is 18.3. The Balaban J connectivity index is 1.34. The summed E-state index contributed by atoms with van der Waals surface area (Å²) in [5.41, 5.74) is 3.34. The third-order valence-electron chi connectivity index (χ3n) is 5.07. The van der Waals surface area contributed by atoms with E-state index in [0.717, 1.165) is 21.9 Å². The van der Waals surface area contributed by atoms with Gasteiger partial charge in [-0.1, -0.05) is 23.9 Å². The van der Waals surface area contributed by atoms with E-state index in [-0.39, 0.29) is 23.9 Å². The number of benzene rings is 2. The lowest BCUT2D eigenvalue weighted by molar-refractivity contribution is -0.0586. The molecule has 5 nitrogen and oxygen atoms in total. The summed E-state index contributed by atoms with van der Waals surface area (Å²) in [7, 11) is 0. The summed E-state index contributed by atoms with van der Waals surface area (Å²) in [6.45, 7) is 5.22. The van der Waals surface area contributed by atoms with Gasteiger partial charge in [-0.15, -0.1) is 10.2 Å². The monoisotopic (exact) mass is 437 g/mol. The van der Waals surface area contributed by atoms with Crippen LogP contribution in [-0.4, -0.2) is 46.3 Å². The molecule has 0 spiro atoms. The van der Waals surface area contributed by atoms with Crippen molar-refractivity contribution in [2.24, 2.45) is 0 Å². The molecule has 1 aromatic heterocycles. The third-order valence-corrected chi connectivity index (χ3v) is 6.07. The lowest BCUT2D eigenvalue weighted by Gasteiger charge is -2.35. The molecule has 2 aromatic carbocycles. The van der Waals surface area contributed by atoms with Gasteiger partial charge in [0.15, 0.2) is 0 Å². The highest BCUT2D eigenvalue weighted by Gasteiger charge is 2.26. The molecule has 0 N–H and O–H groups in total. The molecular formula is C24H24FN3O2S. The first-order valence-electron chi connectivity index (χ1n) is 10.2. The fourth-order valence-corrected chi connectivity index (χ4v) is 4.37. The highest BCUT2D eigenvalue weighted by atomic mass is 32.2. The number of ether oxygens (including phenoxy) is 1. The minimum atomic E-state index is -0.273. The van der Waals surface area contributed by atoms with Crippen molar-refractivity contribution in [3.8, 4) is 11.3 Å². The average molecular weight is 438 g/mol. The van der Waals surface area contributed by atoms with Crippen molar-refractivity contribution in [1.82, 2.24) is 15.1 Å². The SMILES string of the molecule is CC1CN(C(=O)c2ccc(CSc3ccc(-c4ccc(F)cc4)nn3)cc2)CC(C)O1. The Morgan fingerprint density at radius 1 is 1.00 bits per heavy atom. The fourth-order valence-electron chi connectivity index (χ4n) is 3.60. The summed E-state index contributed by atoms with van der Waals surface area (Å²) in [6.07, 6.45) is 0.109. The van der Waals surface area contributed by atoms with Gasteiger partial charge in [0.05, 0.1) is 17.9 Å². The van der Waals surface area contributed by atoms with Gasteiger partial charge in [0.2, 0.25) is 0 Å². The van der Waals surface area contributed by atoms with Crippen LogP contribution in [0.2, 0.25) is 0 Å². The number of morpholine rings is 1. The molecule has 2 unspecified atom stereocenters. The number of thioether (sulfide) groups is 1. The van der Waals surface area contributed by atoms with Crippen LogP contribution >= 0.6 is 11.8 Å². The van der Waals surface area contributed by atoms with E-state index in [1.807, 2.05) is 55.1 Å². The van der Waals surface area contributed by atoms with Crippen LogP contribution < -0.4 is 0 Å². The van der Waals surface area contributed by atoms with Gasteiger partial charge in [0, 0.05) is 30.0 Å². The summed E-state index contributed by atoms with van der Waals surface area (Å²) in [4.78, 5) is 14.6. The Labute approximate surface area is 185 Å². The van der Waals surface area contributed by atoms with Crippen molar-refractivity contribution < 1.29 is 13.9 Å². The molecule has 1 fully saturated rings. The topological polar surface area (TPSA) is 55.3 Å². The predicted octanol–water partition coefficient (Wildman–Crippen LogP) is 4.82. The first-order valence-corrected chi connectivity index (χ1v) is 11.2. The maximum atomic E-state index is 13.1. The lowest BCUT2D eigenvalue weighted by Crippen LogP contribution is -2.48. The second-order valence-corrected chi connectivity index (χ2v) is 8.71. The van der Waals surface area contributed by atoms with Crippen LogP contribution in [-0.2, 0) is 10.5 Å². The van der Waals surface area contributed by atoms with Gasteiger partial charge >= 0.3 is 0 Å². The van der Waals surface area contributed by atoms with E-state index in [1.54, 1.807) is 23.9 Å². The van der Waals surface area contributed by atoms with Gasteiger partial charge in [-0.2, -0.15) is 0 Å². The van der Waals surface area contributed by atoms with Crippen molar-refractivity contribution in [2.75, 3.05) is 13.1 Å². The van der Waals surface area contributed by atoms with E-state index in [1.165, 1.54) is 12.1 Å². The normalized spacial score (nSPS) is 18.7. The maximum absolute atomic E-state index is 13.1. The van der Waals surface area contributed by atoms with Crippen LogP contribution in [0.15, 0.2) is 65.7 Å². The second kappa shape index (κ2) is 9.58. The molecule has 0 aliphatic carbocycles. The number of amides is 1. The molecule has 7 heteroatoms. The van der Waals surface area contributed by atoms with Crippen LogP contribution in [0.3, 0.4) is 0 Å². The smallest absolute Gasteiger partial charge is 0.254 e. The summed E-state index contributed by atoms with van der Waals surface area (Å²) in [5.74, 6) is 0.499. The third kappa shape index (κ3) is 5.48. The van der Waals surface area contributed by atoms with E-state index in [9.17, 15) is 9.18 Å². The van der Waals surface area contributed by atoms with E-state index in [4.69, 9.17) is 4.74 Å². The number of nitrogens with zero attached hydrogens (tertiary/aromatic N) is 3. The Morgan fingerprint density at radius 2 is 1.68 bits per heavy atom. The summed E-state index contributed by atoms with van der Waals surface area (Å²) in [5, 5.41) is 9.31. The van der Waals surface area contributed by atoms with Crippen LogP contribution in [0.25, 0.3) is 11.3 Å². The molecule has 4 rings (SSSR count). The highest BCUT2D eigenvalue weighted by molar-refractivity contribution is 7.98. The van der Waals surface area contributed by atoms with Crippen molar-refractivity contribution in [3.05, 3.63) is 77.6 Å². The predicted molar refractivity (Wildman–Crippen MR) is 119 cm³/mol. The number of carbonyl (C=O) groups is 1. The molecular weight excluding hydrogens is 413 g/mol. The van der Waals surface area contributed by atoms with Crippen molar-refractivity contribution in [1.29, 1.82) is 0 Å². The van der Waals surface area contributed by atoms with Gasteiger partial charge in [-0.25, -0.2) is 4.39 Å². The molecule has 1 amide bonds. The van der Waals surface area contributed by atoms with E-state index >= 15 is 0 Å². The van der Waals surface area contributed by atoms with Crippen LogP contribution in [0.1, 0.15) is 29.8 Å². The van der Waals surface area contributed by atoms with E-state index in [2.05, 4.69) is 10.2 Å². The number of halogens is 1. The molecule has 1 aliphatic rings. The standard InChI is InChI=1S/C24H24FN3O2S/c1-16-13-28(14-17(2)30-16)24(29)20-5-3-18(4-6-20)15-31-23-12-11-22(26-27-23)19-7-9-21(25)10-8-19/h3-12,16-17H,13-15H2,1-2H3. The van der Waals surface area contributed by atoms with Crippen molar-refractivity contribution in [2.45, 2.75) is 36.8 Å². The first kappa shape index (κ1) is 21.5. The number of rotatable bonds is 5. The Hall–Kier alpha value is -2.77. The van der Waals surface area contributed by atoms with Crippen molar-refractivity contribution in [3.63, 3.8) is 0 Å². The Bertz CT molecular complexity index is 1020. The zero-order chi connectivity index (χ0) is 21.8. The second-order valence-electron chi connectivity index (χ2n) is 7.72. The van der Waals surface area contributed by atoms with E-state index in [0.29, 0.717) is 24.3 Å². The van der Waals surface area contributed by atoms with Crippen LogP contribution in [0.5, 0.6) is 0 Å². The molecule has 1 aliphatic heterocycles. The molecule has 1 saturated heterocycles. The number of hydrogen-bond donors (Lipinski definition) is 0. The molecule has 0 radical (unpaired) electrons. The van der Waals surface area contributed by atoms with Gasteiger partial charge in [-0.05, 0) is 67.9 Å². The minimum absolute atomic E-state index is 0.0449. The molecule has 2 heterocycles. The lowest BCUT2D eigenvalue weighted by atomic mass is 10.1. The number of aromatic nitrogens is 2. The highest BCUT2D eigenvalue weighted by Crippen LogP contribution is 2.23. The van der Waals surface area contributed by atoms with Gasteiger partial charge in [0.25, 0.3) is 5.91 Å². The summed E-state index contributed by atoms with van der Waals surface area (Å²) >= 11 is 1.58. The molecule has 3 aromatic rings. The Morgan fingerprint density at radius 3 is 2.29 bits per heavy atom. The molecule has 0 bridgehead atoms. The molecule has 2 atom stereocenters. The minimum Gasteiger partial charge on any atom is -0.372 e. The van der Waals surface area contributed by atoms with Gasteiger partial charge in [0.1, 0.15) is 10.8 Å². The Kier molecular flexibility index (Phi) is 6.63. The summed E-state index contributed by atoms with van der Waals surface area (Å²) in [6, 6.07) is 17.7. The maximum Gasteiger partial charge on any atom is 0.254 e. The first-order chi connectivity index (χ1) is 15.0.